The van der Waals surface area contributed by atoms with Crippen LogP contribution in [0.1, 0.15) is 0 Å². The Kier molecular flexibility index (Phi) is 104. The normalized spacial score (nSPS) is 3.64. The van der Waals surface area contributed by atoms with Gasteiger partial charge in [0.05, 0.1) is 0 Å². The minimum atomic E-state index is 0. The van der Waals surface area contributed by atoms with Crippen molar-refractivity contribution in [2.75, 3.05) is 0 Å². The minimum Gasteiger partial charge on any atom is -1.00 e. The molecular weight excluding hydrogens is 475 g/mol. The summed E-state index contributed by atoms with van der Waals surface area (Å²) >= 11 is 0. The van der Waals surface area contributed by atoms with E-state index in [4.69, 9.17) is 0 Å². The van der Waals surface area contributed by atoms with Crippen molar-refractivity contribution in [1.82, 2.24) is 0 Å². The molecule has 0 fully saturated rings. The monoisotopic (exact) mass is 478 g/mol. The molecule has 0 bridgehead atoms. The second-order valence-corrected chi connectivity index (χ2v) is 0.962. The summed E-state index contributed by atoms with van der Waals surface area (Å²) in [6, 6.07) is 10.0. The van der Waals surface area contributed by atoms with Gasteiger partial charge in [0.25, 0.3) is 0 Å². The van der Waals surface area contributed by atoms with Crippen LogP contribution < -0.4 is 62.0 Å². The quantitative estimate of drug-likeness (QED) is 0.324. The zero-order valence-electron chi connectivity index (χ0n) is 5.28. The molecule has 0 aromatic heterocycles. The fourth-order valence-electron chi connectivity index (χ4n) is 0.321. The third-order valence-electron chi connectivity index (χ3n) is 0.556. The van der Waals surface area contributed by atoms with Crippen LogP contribution in [0, 0.1) is 31.1 Å². The van der Waals surface area contributed by atoms with Crippen LogP contribution in [-0.4, -0.2) is 0 Å². The van der Waals surface area contributed by atoms with Gasteiger partial charge in [0.15, 0.2) is 0 Å². The first kappa shape index (κ1) is 38.5. The molecule has 70 valence electrons. The maximum atomic E-state index is 2.00. The summed E-state index contributed by atoms with van der Waals surface area (Å²) in [5.74, 6) is 0. The van der Waals surface area contributed by atoms with Crippen LogP contribution in [0.25, 0.3) is 0 Å². The van der Waals surface area contributed by atoms with Crippen LogP contribution in [0.4, 0.5) is 0 Å². The summed E-state index contributed by atoms with van der Waals surface area (Å²) in [7, 11) is 0. The summed E-state index contributed by atoms with van der Waals surface area (Å²) < 4.78 is 0. The summed E-state index contributed by atoms with van der Waals surface area (Å²) in [4.78, 5) is 0. The first-order valence-corrected chi connectivity index (χ1v) is 1.67. The van der Waals surface area contributed by atoms with Crippen LogP contribution in [0.15, 0.2) is 30.3 Å². The van der Waals surface area contributed by atoms with Crippen molar-refractivity contribution >= 4 is 0 Å². The molecule has 0 saturated heterocycles. The molecule has 1 aromatic carbocycles. The van der Waals surface area contributed by atoms with Crippen molar-refractivity contribution in [3.05, 3.63) is 30.3 Å². The average Bonchev–Trinajstić information content (AvgIpc) is 1.76. The second-order valence-electron chi connectivity index (χ2n) is 0.962. The van der Waals surface area contributed by atoms with E-state index >= 15 is 0 Å². The standard InChI is InChI=1S/C5H5.5ClH.U/c1-2-4-5-3-1;;;;;;/h1-5H;5*1H;/q-1;;;;;;/p-5. The summed E-state index contributed by atoms with van der Waals surface area (Å²) in [6.45, 7) is 0. The fourth-order valence-corrected chi connectivity index (χ4v) is 0.321. The van der Waals surface area contributed by atoms with Crippen molar-refractivity contribution in [3.8, 4) is 0 Å². The van der Waals surface area contributed by atoms with Crippen molar-refractivity contribution in [2.24, 2.45) is 0 Å². The molecular formula is C5H5Cl5U-6. The van der Waals surface area contributed by atoms with Crippen LogP contribution in [0.3, 0.4) is 0 Å². The third-order valence-corrected chi connectivity index (χ3v) is 0.556. The van der Waals surface area contributed by atoms with Gasteiger partial charge in [0.1, 0.15) is 0 Å². The van der Waals surface area contributed by atoms with Gasteiger partial charge in [-0.25, -0.2) is 12.1 Å². The van der Waals surface area contributed by atoms with Crippen molar-refractivity contribution in [1.29, 1.82) is 0 Å². The molecule has 1 aromatic rings. The number of hydrogen-bond donors (Lipinski definition) is 0. The second kappa shape index (κ2) is 29.7. The van der Waals surface area contributed by atoms with Gasteiger partial charge in [-0.2, -0.15) is 18.2 Å². The molecule has 0 saturated carbocycles. The molecule has 0 heterocycles. The van der Waals surface area contributed by atoms with E-state index in [1.807, 2.05) is 30.3 Å². The largest absolute Gasteiger partial charge is 1.00 e. The zero-order chi connectivity index (χ0) is 3.54. The Morgan fingerprint density at radius 1 is 0.636 bits per heavy atom. The number of halogens is 5. The topological polar surface area (TPSA) is 0 Å². The van der Waals surface area contributed by atoms with Gasteiger partial charge in [0.2, 0.25) is 0 Å². The zero-order valence-corrected chi connectivity index (χ0v) is 13.2. The van der Waals surface area contributed by atoms with Gasteiger partial charge < -0.3 is 62.0 Å². The van der Waals surface area contributed by atoms with Crippen LogP contribution in [-0.2, 0) is 0 Å². The minimum absolute atomic E-state index is 0. The molecule has 0 aliphatic heterocycles. The predicted octanol–water partition coefficient (Wildman–Crippen LogP) is -13.6. The van der Waals surface area contributed by atoms with Crippen molar-refractivity contribution in [2.45, 2.75) is 0 Å². The van der Waals surface area contributed by atoms with Gasteiger partial charge in [-0.15, -0.1) is 0 Å². The number of hydrogen-bond acceptors (Lipinski definition) is 0. The molecule has 6 heteroatoms. The van der Waals surface area contributed by atoms with Gasteiger partial charge in [0, 0.05) is 31.1 Å². The van der Waals surface area contributed by atoms with Gasteiger partial charge in [-0.3, -0.25) is 0 Å². The molecule has 0 aliphatic carbocycles. The van der Waals surface area contributed by atoms with Crippen LogP contribution >= 0.6 is 0 Å². The molecule has 0 radical (unpaired) electrons. The molecule has 0 amide bonds. The average molecular weight is 480 g/mol. The molecule has 0 spiro atoms. The Labute approximate surface area is 122 Å². The first-order valence-electron chi connectivity index (χ1n) is 1.67. The summed E-state index contributed by atoms with van der Waals surface area (Å²) in [5, 5.41) is 0. The summed E-state index contributed by atoms with van der Waals surface area (Å²) in [5.41, 5.74) is 0. The molecule has 0 nitrogen and oxygen atoms in total. The predicted molar refractivity (Wildman–Crippen MR) is 22.0 cm³/mol. The SMILES string of the molecule is [Cl-].[Cl-].[Cl-].[Cl-].[Cl-].[U].c1cc[cH-]c1. The van der Waals surface area contributed by atoms with E-state index in [0.29, 0.717) is 0 Å². The molecule has 0 atom stereocenters. The van der Waals surface area contributed by atoms with Crippen LogP contribution in [0.5, 0.6) is 0 Å². The smallest absolute Gasteiger partial charge is 0 e. The van der Waals surface area contributed by atoms with E-state index in [1.165, 1.54) is 0 Å². The van der Waals surface area contributed by atoms with E-state index < -0.39 is 0 Å². The van der Waals surface area contributed by atoms with E-state index in [2.05, 4.69) is 0 Å². The molecule has 11 heavy (non-hydrogen) atoms. The van der Waals surface area contributed by atoms with E-state index in [-0.39, 0.29) is 93.1 Å². The maximum absolute atomic E-state index is 2.00. The Morgan fingerprint density at radius 3 is 1.00 bits per heavy atom. The molecule has 1 rings (SSSR count). The fraction of sp³-hybridized carbons (Fsp3) is 0. The Hall–Kier alpha value is 1.85. The van der Waals surface area contributed by atoms with Crippen LogP contribution in [0.2, 0.25) is 0 Å². The number of rotatable bonds is 0. The molecule has 0 aliphatic rings. The molecule has 0 unspecified atom stereocenters. The summed E-state index contributed by atoms with van der Waals surface area (Å²) in [6.07, 6.45) is 0. The Bertz CT molecular complexity index is 71.3. The van der Waals surface area contributed by atoms with Gasteiger partial charge in [-0.05, 0) is 0 Å². The van der Waals surface area contributed by atoms with Gasteiger partial charge >= 0.3 is 0 Å². The third kappa shape index (κ3) is 24.5. The van der Waals surface area contributed by atoms with E-state index in [9.17, 15) is 0 Å². The van der Waals surface area contributed by atoms with Gasteiger partial charge in [-0.1, -0.05) is 0 Å². The Morgan fingerprint density at radius 2 is 0.909 bits per heavy atom. The maximum Gasteiger partial charge on any atom is 0 e. The Balaban J connectivity index is -0.0000000104. The van der Waals surface area contributed by atoms with E-state index in [0.717, 1.165) is 0 Å². The van der Waals surface area contributed by atoms with Crippen molar-refractivity contribution in [3.63, 3.8) is 0 Å². The van der Waals surface area contributed by atoms with Crippen molar-refractivity contribution < 1.29 is 93.1 Å². The first-order chi connectivity index (χ1) is 2.50. The van der Waals surface area contributed by atoms with E-state index in [1.54, 1.807) is 0 Å². The molecule has 0 N–H and O–H groups in total.